The van der Waals surface area contributed by atoms with Crippen molar-refractivity contribution in [1.29, 1.82) is 0 Å². The number of carbonyl (C=O) groups is 1. The molecule has 1 heterocycles. The van der Waals surface area contributed by atoms with Gasteiger partial charge in [0.05, 0.1) is 12.5 Å². The molecule has 0 bridgehead atoms. The number of rotatable bonds is 6. The quantitative estimate of drug-likeness (QED) is 0.851. The Bertz CT molecular complexity index is 720. The lowest BCUT2D eigenvalue weighted by Crippen LogP contribution is -2.42. The number of benzene rings is 2. The van der Waals surface area contributed by atoms with E-state index in [0.29, 0.717) is 0 Å². The van der Waals surface area contributed by atoms with Crippen molar-refractivity contribution >= 4 is 16.7 Å². The van der Waals surface area contributed by atoms with Crippen molar-refractivity contribution in [1.82, 2.24) is 5.32 Å². The summed E-state index contributed by atoms with van der Waals surface area (Å²) in [6.45, 7) is 1.61. The van der Waals surface area contributed by atoms with E-state index in [4.69, 9.17) is 4.74 Å². The Morgan fingerprint density at radius 1 is 1.25 bits per heavy atom. The highest BCUT2D eigenvalue weighted by Gasteiger charge is 2.38. The van der Waals surface area contributed by atoms with Crippen molar-refractivity contribution in [3.05, 3.63) is 42.0 Å². The number of ether oxygens (including phenoxy) is 1. The molecule has 1 saturated heterocycles. The van der Waals surface area contributed by atoms with Crippen molar-refractivity contribution in [3.63, 3.8) is 0 Å². The molecule has 1 fully saturated rings. The molecule has 4 nitrogen and oxygen atoms in total. The van der Waals surface area contributed by atoms with Gasteiger partial charge in [0, 0.05) is 0 Å². The summed E-state index contributed by atoms with van der Waals surface area (Å²) in [5.74, 6) is 0.221. The molecule has 2 N–H and O–H groups in total. The maximum absolute atomic E-state index is 11.8. The van der Waals surface area contributed by atoms with Crippen LogP contribution in [0, 0.1) is 5.41 Å². The number of carboxylic acids is 1. The first-order valence-corrected chi connectivity index (χ1v) is 8.64. The lowest BCUT2D eigenvalue weighted by molar-refractivity contribution is -0.151. The number of methoxy groups -OCH3 is 1. The molecular formula is C20H25NO3. The van der Waals surface area contributed by atoms with E-state index in [-0.39, 0.29) is 0 Å². The van der Waals surface area contributed by atoms with Gasteiger partial charge in [-0.3, -0.25) is 4.79 Å². The molecule has 0 spiro atoms. The van der Waals surface area contributed by atoms with E-state index in [1.807, 2.05) is 6.07 Å². The highest BCUT2D eigenvalue weighted by atomic mass is 16.5. The summed E-state index contributed by atoms with van der Waals surface area (Å²) in [4.78, 5) is 11.8. The van der Waals surface area contributed by atoms with Crippen molar-refractivity contribution < 1.29 is 14.6 Å². The summed E-state index contributed by atoms with van der Waals surface area (Å²) >= 11 is 0. The van der Waals surface area contributed by atoms with Gasteiger partial charge in [0.2, 0.25) is 0 Å². The van der Waals surface area contributed by atoms with Crippen LogP contribution >= 0.6 is 0 Å². The first kappa shape index (κ1) is 16.8. The molecule has 1 aliphatic rings. The van der Waals surface area contributed by atoms with Gasteiger partial charge in [0.1, 0.15) is 5.75 Å². The van der Waals surface area contributed by atoms with Crippen LogP contribution in [0.25, 0.3) is 10.8 Å². The summed E-state index contributed by atoms with van der Waals surface area (Å²) in [5.41, 5.74) is 0.717. The number of nitrogens with one attached hydrogen (secondary N) is 1. The van der Waals surface area contributed by atoms with E-state index >= 15 is 0 Å². The molecule has 0 aliphatic carbocycles. The van der Waals surface area contributed by atoms with E-state index in [1.54, 1.807) is 7.11 Å². The van der Waals surface area contributed by atoms with Gasteiger partial charge in [0.25, 0.3) is 0 Å². The zero-order chi connectivity index (χ0) is 17.0. The van der Waals surface area contributed by atoms with Crippen LogP contribution in [-0.2, 0) is 11.2 Å². The number of hydrogen-bond acceptors (Lipinski definition) is 3. The highest BCUT2D eigenvalue weighted by molar-refractivity contribution is 5.87. The Balaban J connectivity index is 1.74. The standard InChI is InChI=1S/C20H25NO3/c1-24-17-8-7-16-5-2-4-15(18(16)14-17)6-3-9-20(19(22)23)10-12-21-13-11-20/h2,4-5,7-8,14,21H,3,6,9-13H2,1H3,(H,22,23). The van der Waals surface area contributed by atoms with E-state index in [2.05, 4.69) is 35.6 Å². The number of aryl methyl sites for hydroxylation is 1. The summed E-state index contributed by atoms with van der Waals surface area (Å²) in [6.07, 6.45) is 3.98. The van der Waals surface area contributed by atoms with E-state index in [9.17, 15) is 9.90 Å². The third-order valence-electron chi connectivity index (χ3n) is 5.30. The zero-order valence-electron chi connectivity index (χ0n) is 14.2. The SMILES string of the molecule is COc1ccc2cccc(CCCC3(C(=O)O)CCNCC3)c2c1. The topological polar surface area (TPSA) is 58.6 Å². The number of hydrogen-bond donors (Lipinski definition) is 2. The van der Waals surface area contributed by atoms with Crippen LogP contribution in [0.5, 0.6) is 5.75 Å². The van der Waals surface area contributed by atoms with Crippen LogP contribution < -0.4 is 10.1 Å². The van der Waals surface area contributed by atoms with E-state index in [1.165, 1.54) is 16.3 Å². The third-order valence-corrected chi connectivity index (χ3v) is 5.30. The summed E-state index contributed by atoms with van der Waals surface area (Å²) in [5, 5.41) is 15.3. The van der Waals surface area contributed by atoms with Gasteiger partial charge in [-0.2, -0.15) is 0 Å². The molecule has 2 aromatic carbocycles. The zero-order valence-corrected chi connectivity index (χ0v) is 14.2. The Hall–Kier alpha value is -2.07. The second-order valence-corrected chi connectivity index (χ2v) is 6.69. The van der Waals surface area contributed by atoms with Crippen molar-refractivity contribution in [2.45, 2.75) is 32.1 Å². The van der Waals surface area contributed by atoms with Crippen LogP contribution in [0.2, 0.25) is 0 Å². The molecule has 1 aliphatic heterocycles. The smallest absolute Gasteiger partial charge is 0.309 e. The lowest BCUT2D eigenvalue weighted by Gasteiger charge is -2.33. The minimum absolute atomic E-state index is 0.548. The summed E-state index contributed by atoms with van der Waals surface area (Å²) < 4.78 is 5.34. The Labute approximate surface area is 142 Å². The van der Waals surface area contributed by atoms with Gasteiger partial charge in [-0.1, -0.05) is 24.3 Å². The van der Waals surface area contributed by atoms with Crippen molar-refractivity contribution in [2.75, 3.05) is 20.2 Å². The maximum atomic E-state index is 11.8. The second kappa shape index (κ2) is 7.22. The van der Waals surface area contributed by atoms with Crippen LogP contribution in [0.4, 0.5) is 0 Å². The molecule has 0 aromatic heterocycles. The van der Waals surface area contributed by atoms with Crippen molar-refractivity contribution in [3.8, 4) is 5.75 Å². The fraction of sp³-hybridized carbons (Fsp3) is 0.450. The van der Waals surface area contributed by atoms with Crippen LogP contribution in [0.15, 0.2) is 36.4 Å². The second-order valence-electron chi connectivity index (χ2n) is 6.69. The van der Waals surface area contributed by atoms with Gasteiger partial charge in [-0.05, 0) is 73.7 Å². The number of aliphatic carboxylic acids is 1. The first-order valence-electron chi connectivity index (χ1n) is 8.64. The number of piperidine rings is 1. The predicted octanol–water partition coefficient (Wildman–Crippen LogP) is 3.63. The largest absolute Gasteiger partial charge is 0.497 e. The predicted molar refractivity (Wildman–Crippen MR) is 95.6 cm³/mol. The molecule has 24 heavy (non-hydrogen) atoms. The minimum atomic E-state index is -0.636. The lowest BCUT2D eigenvalue weighted by atomic mass is 9.75. The fourth-order valence-corrected chi connectivity index (χ4v) is 3.75. The molecule has 128 valence electrons. The van der Waals surface area contributed by atoms with E-state index < -0.39 is 11.4 Å². The van der Waals surface area contributed by atoms with Crippen LogP contribution in [-0.4, -0.2) is 31.3 Å². The van der Waals surface area contributed by atoms with Crippen molar-refractivity contribution in [2.24, 2.45) is 5.41 Å². The third kappa shape index (κ3) is 3.39. The molecule has 0 amide bonds. The van der Waals surface area contributed by atoms with Gasteiger partial charge in [0.15, 0.2) is 0 Å². The van der Waals surface area contributed by atoms with Gasteiger partial charge < -0.3 is 15.2 Å². The monoisotopic (exact) mass is 327 g/mol. The normalized spacial score (nSPS) is 16.9. The van der Waals surface area contributed by atoms with Gasteiger partial charge in [-0.15, -0.1) is 0 Å². The minimum Gasteiger partial charge on any atom is -0.497 e. The number of carboxylic acid groups (broad SMARTS) is 1. The molecule has 2 aromatic rings. The van der Waals surface area contributed by atoms with Crippen LogP contribution in [0.1, 0.15) is 31.2 Å². The molecule has 0 radical (unpaired) electrons. The molecule has 4 heteroatoms. The molecular weight excluding hydrogens is 302 g/mol. The fourth-order valence-electron chi connectivity index (χ4n) is 3.75. The maximum Gasteiger partial charge on any atom is 0.309 e. The molecule has 3 rings (SSSR count). The average Bonchev–Trinajstić information content (AvgIpc) is 2.62. The highest BCUT2D eigenvalue weighted by Crippen LogP contribution is 2.35. The Morgan fingerprint density at radius 3 is 2.75 bits per heavy atom. The number of fused-ring (bicyclic) bond motifs is 1. The molecule has 0 unspecified atom stereocenters. The Morgan fingerprint density at radius 2 is 2.04 bits per heavy atom. The van der Waals surface area contributed by atoms with Gasteiger partial charge in [-0.25, -0.2) is 0 Å². The molecule has 0 atom stereocenters. The first-order chi connectivity index (χ1) is 11.6. The summed E-state index contributed by atoms with van der Waals surface area (Å²) in [6, 6.07) is 12.4. The Kier molecular flexibility index (Phi) is 5.05. The summed E-state index contributed by atoms with van der Waals surface area (Å²) in [7, 11) is 1.68. The van der Waals surface area contributed by atoms with E-state index in [0.717, 1.165) is 50.9 Å². The average molecular weight is 327 g/mol. The molecule has 0 saturated carbocycles. The van der Waals surface area contributed by atoms with Gasteiger partial charge >= 0.3 is 5.97 Å². The van der Waals surface area contributed by atoms with Crippen LogP contribution in [0.3, 0.4) is 0 Å².